The van der Waals surface area contributed by atoms with Gasteiger partial charge in [-0.3, -0.25) is 4.79 Å². The van der Waals surface area contributed by atoms with Crippen LogP contribution < -0.4 is 0 Å². The van der Waals surface area contributed by atoms with Crippen molar-refractivity contribution in [1.82, 2.24) is 0 Å². The summed E-state index contributed by atoms with van der Waals surface area (Å²) in [7, 11) is 0. The van der Waals surface area contributed by atoms with E-state index in [1.807, 2.05) is 0 Å². The summed E-state index contributed by atoms with van der Waals surface area (Å²) in [5, 5.41) is 1.77. The molecule has 1 heterocycles. The Morgan fingerprint density at radius 2 is 1.95 bits per heavy atom. The van der Waals surface area contributed by atoms with Crippen molar-refractivity contribution >= 4 is 23.2 Å². The number of hydrogen-bond donors (Lipinski definition) is 0. The predicted molar refractivity (Wildman–Crippen MR) is 69.1 cm³/mol. The highest BCUT2D eigenvalue weighted by atomic mass is 32.1. The number of thiophene rings is 1. The Balaban J connectivity index is 2.18. The van der Waals surface area contributed by atoms with Gasteiger partial charge in [-0.25, -0.2) is 0 Å². The van der Waals surface area contributed by atoms with Crippen molar-refractivity contribution in [2.24, 2.45) is 0 Å². The molecule has 2 rings (SSSR count). The summed E-state index contributed by atoms with van der Waals surface area (Å²) in [6, 6.07) is 8.27. The van der Waals surface area contributed by atoms with Gasteiger partial charge in [-0.1, -0.05) is 24.3 Å². The molecule has 1 nitrogen and oxygen atoms in total. The van der Waals surface area contributed by atoms with E-state index < -0.39 is 11.7 Å². The van der Waals surface area contributed by atoms with Crippen LogP contribution >= 0.6 is 11.3 Å². The van der Waals surface area contributed by atoms with E-state index in [1.165, 1.54) is 35.6 Å². The number of alkyl halides is 3. The molecular weight excluding hydrogens is 273 g/mol. The van der Waals surface area contributed by atoms with Crippen LogP contribution in [0.25, 0.3) is 6.08 Å². The Bertz CT molecular complexity index is 597. The number of hydrogen-bond acceptors (Lipinski definition) is 2. The van der Waals surface area contributed by atoms with E-state index in [1.54, 1.807) is 17.5 Å². The monoisotopic (exact) mass is 282 g/mol. The first kappa shape index (κ1) is 13.5. The molecule has 0 saturated heterocycles. The molecule has 5 heteroatoms. The molecule has 0 aliphatic heterocycles. The second-order valence-corrected chi connectivity index (χ2v) is 4.75. The van der Waals surface area contributed by atoms with Crippen LogP contribution in [0.2, 0.25) is 0 Å². The van der Waals surface area contributed by atoms with Crippen LogP contribution in [-0.4, -0.2) is 5.78 Å². The summed E-state index contributed by atoms with van der Waals surface area (Å²) in [5.74, 6) is -0.215. The molecule has 19 heavy (non-hydrogen) atoms. The fourth-order valence-corrected chi connectivity index (χ4v) is 2.14. The minimum atomic E-state index is -4.37. The van der Waals surface area contributed by atoms with Gasteiger partial charge in [-0.05, 0) is 35.2 Å². The molecule has 98 valence electrons. The summed E-state index contributed by atoms with van der Waals surface area (Å²) >= 11 is 1.29. The van der Waals surface area contributed by atoms with E-state index in [0.29, 0.717) is 10.4 Å². The lowest BCUT2D eigenvalue weighted by atomic mass is 10.1. The Morgan fingerprint density at radius 1 is 1.16 bits per heavy atom. The molecule has 0 atom stereocenters. The van der Waals surface area contributed by atoms with Gasteiger partial charge >= 0.3 is 6.18 Å². The summed E-state index contributed by atoms with van der Waals surface area (Å²) in [6.07, 6.45) is -1.71. The highest BCUT2D eigenvalue weighted by Crippen LogP contribution is 2.29. The number of rotatable bonds is 3. The van der Waals surface area contributed by atoms with E-state index in [9.17, 15) is 18.0 Å². The van der Waals surface area contributed by atoms with E-state index >= 15 is 0 Å². The lowest BCUT2D eigenvalue weighted by Gasteiger charge is -2.06. The highest BCUT2D eigenvalue weighted by Gasteiger charge is 2.30. The minimum absolute atomic E-state index is 0.215. The first-order chi connectivity index (χ1) is 8.97. The van der Waals surface area contributed by atoms with Crippen LogP contribution in [0.15, 0.2) is 47.9 Å². The van der Waals surface area contributed by atoms with Crippen LogP contribution in [0.1, 0.15) is 20.8 Å². The number of carbonyl (C=O) groups is 1. The van der Waals surface area contributed by atoms with E-state index in [-0.39, 0.29) is 5.78 Å². The molecule has 0 amide bonds. The fourth-order valence-electron chi connectivity index (χ4n) is 1.49. The van der Waals surface area contributed by atoms with Crippen LogP contribution in [0, 0.1) is 0 Å². The van der Waals surface area contributed by atoms with Crippen molar-refractivity contribution < 1.29 is 18.0 Å². The maximum atomic E-state index is 12.5. The standard InChI is InChI=1S/C14H9F3OS/c15-14(16,17)11-4-1-3-10(9-11)6-7-12(18)13-5-2-8-19-13/h1-9H/b7-6+. The molecular formula is C14H9F3OS. The van der Waals surface area contributed by atoms with Gasteiger partial charge in [0.2, 0.25) is 0 Å². The first-order valence-electron chi connectivity index (χ1n) is 5.40. The molecule has 1 aromatic carbocycles. The van der Waals surface area contributed by atoms with Crippen LogP contribution in [0.3, 0.4) is 0 Å². The van der Waals surface area contributed by atoms with Gasteiger partial charge < -0.3 is 0 Å². The van der Waals surface area contributed by atoms with Gasteiger partial charge in [0, 0.05) is 0 Å². The van der Waals surface area contributed by atoms with Crippen LogP contribution in [-0.2, 0) is 6.18 Å². The average molecular weight is 282 g/mol. The number of allylic oxidation sites excluding steroid dienone is 1. The van der Waals surface area contributed by atoms with Gasteiger partial charge in [0.15, 0.2) is 5.78 Å². The van der Waals surface area contributed by atoms with Gasteiger partial charge in [0.1, 0.15) is 0 Å². The molecule has 0 spiro atoms. The molecule has 0 radical (unpaired) electrons. The number of carbonyl (C=O) groups excluding carboxylic acids is 1. The molecule has 0 unspecified atom stereocenters. The van der Waals surface area contributed by atoms with E-state index in [2.05, 4.69) is 0 Å². The number of ketones is 1. The molecule has 0 fully saturated rings. The maximum absolute atomic E-state index is 12.5. The summed E-state index contributed by atoms with van der Waals surface area (Å²) in [6.45, 7) is 0. The van der Waals surface area contributed by atoms with Crippen LogP contribution in [0.4, 0.5) is 13.2 Å². The Morgan fingerprint density at radius 3 is 2.58 bits per heavy atom. The van der Waals surface area contributed by atoms with Gasteiger partial charge in [0.25, 0.3) is 0 Å². The van der Waals surface area contributed by atoms with E-state index in [0.717, 1.165) is 12.1 Å². The third-order valence-electron chi connectivity index (χ3n) is 2.41. The minimum Gasteiger partial charge on any atom is -0.288 e. The quantitative estimate of drug-likeness (QED) is 0.591. The van der Waals surface area contributed by atoms with Crippen molar-refractivity contribution in [3.05, 3.63) is 63.9 Å². The molecule has 0 N–H and O–H groups in total. The predicted octanol–water partition coefficient (Wildman–Crippen LogP) is 4.66. The second-order valence-electron chi connectivity index (χ2n) is 3.80. The van der Waals surface area contributed by atoms with Crippen molar-refractivity contribution in [1.29, 1.82) is 0 Å². The summed E-state index contributed by atoms with van der Waals surface area (Å²) in [4.78, 5) is 12.2. The zero-order valence-corrected chi connectivity index (χ0v) is 10.5. The Labute approximate surface area is 112 Å². The SMILES string of the molecule is O=C(/C=C/c1cccc(C(F)(F)F)c1)c1cccs1. The molecule has 2 aromatic rings. The molecule has 0 bridgehead atoms. The van der Waals surface area contributed by atoms with Crippen molar-refractivity contribution in [3.63, 3.8) is 0 Å². The van der Waals surface area contributed by atoms with Crippen molar-refractivity contribution in [2.75, 3.05) is 0 Å². The van der Waals surface area contributed by atoms with Gasteiger partial charge in [-0.15, -0.1) is 11.3 Å². The number of halogens is 3. The Hall–Kier alpha value is -1.88. The second kappa shape index (κ2) is 5.40. The van der Waals surface area contributed by atoms with Crippen molar-refractivity contribution in [2.45, 2.75) is 6.18 Å². The Kier molecular flexibility index (Phi) is 3.85. The molecule has 0 aliphatic rings. The summed E-state index contributed by atoms with van der Waals surface area (Å²) < 4.78 is 37.5. The lowest BCUT2D eigenvalue weighted by Crippen LogP contribution is -2.04. The third kappa shape index (κ3) is 3.54. The molecule has 0 aliphatic carbocycles. The average Bonchev–Trinajstić information content (AvgIpc) is 2.89. The van der Waals surface area contributed by atoms with Gasteiger partial charge in [0.05, 0.1) is 10.4 Å². The lowest BCUT2D eigenvalue weighted by molar-refractivity contribution is -0.137. The first-order valence-corrected chi connectivity index (χ1v) is 6.28. The smallest absolute Gasteiger partial charge is 0.288 e. The normalized spacial score (nSPS) is 11.9. The molecule has 1 aromatic heterocycles. The maximum Gasteiger partial charge on any atom is 0.416 e. The number of benzene rings is 1. The fraction of sp³-hybridized carbons (Fsp3) is 0.0714. The summed E-state index contributed by atoms with van der Waals surface area (Å²) in [5.41, 5.74) is -0.377. The largest absolute Gasteiger partial charge is 0.416 e. The highest BCUT2D eigenvalue weighted by molar-refractivity contribution is 7.12. The molecule has 0 saturated carbocycles. The topological polar surface area (TPSA) is 17.1 Å². The zero-order chi connectivity index (χ0) is 13.9. The van der Waals surface area contributed by atoms with Crippen LogP contribution in [0.5, 0.6) is 0 Å². The zero-order valence-electron chi connectivity index (χ0n) is 9.65. The van der Waals surface area contributed by atoms with Crippen molar-refractivity contribution in [3.8, 4) is 0 Å². The van der Waals surface area contributed by atoms with E-state index in [4.69, 9.17) is 0 Å². The third-order valence-corrected chi connectivity index (χ3v) is 3.29. The van der Waals surface area contributed by atoms with Gasteiger partial charge in [-0.2, -0.15) is 13.2 Å².